The van der Waals surface area contributed by atoms with Crippen LogP contribution < -0.4 is 5.32 Å². The predicted octanol–water partition coefficient (Wildman–Crippen LogP) is 3.27. The SMILES string of the molecule is O=C(Nc1cnc2ccccc2c1)C1CCCN(S(=O)(=O)c2ccccc2)C1. The van der Waals surface area contributed by atoms with Crippen molar-refractivity contribution in [2.75, 3.05) is 18.4 Å². The zero-order chi connectivity index (χ0) is 19.6. The number of para-hydroxylation sites is 1. The van der Waals surface area contributed by atoms with E-state index in [1.165, 1.54) is 4.31 Å². The lowest BCUT2D eigenvalue weighted by molar-refractivity contribution is -0.120. The van der Waals surface area contributed by atoms with Gasteiger partial charge in [0.1, 0.15) is 0 Å². The van der Waals surface area contributed by atoms with E-state index in [0.717, 1.165) is 10.9 Å². The molecule has 1 aliphatic rings. The van der Waals surface area contributed by atoms with Crippen molar-refractivity contribution in [2.45, 2.75) is 17.7 Å². The van der Waals surface area contributed by atoms with Gasteiger partial charge in [-0.25, -0.2) is 8.42 Å². The number of benzene rings is 2. The molecular formula is C21H21N3O3S. The molecule has 1 unspecified atom stereocenters. The molecule has 0 saturated carbocycles. The Morgan fingerprint density at radius 3 is 2.64 bits per heavy atom. The standard InChI is InChI=1S/C21H21N3O3S/c25-21(23-18-13-16-7-4-5-11-20(16)22-14-18)17-8-6-12-24(15-17)28(26,27)19-9-2-1-3-10-19/h1-5,7,9-11,13-14,17H,6,8,12,15H2,(H,23,25). The summed E-state index contributed by atoms with van der Waals surface area (Å²) in [6, 6.07) is 17.9. The fourth-order valence-corrected chi connectivity index (χ4v) is 5.04. The van der Waals surface area contributed by atoms with Gasteiger partial charge in [0.2, 0.25) is 15.9 Å². The number of hydrogen-bond acceptors (Lipinski definition) is 4. The maximum Gasteiger partial charge on any atom is 0.243 e. The molecule has 1 amide bonds. The number of carbonyl (C=O) groups excluding carboxylic acids is 1. The van der Waals surface area contributed by atoms with Gasteiger partial charge < -0.3 is 5.32 Å². The Labute approximate surface area is 164 Å². The van der Waals surface area contributed by atoms with Gasteiger partial charge >= 0.3 is 0 Å². The van der Waals surface area contributed by atoms with Crippen LogP contribution in [-0.4, -0.2) is 36.7 Å². The Balaban J connectivity index is 1.48. The summed E-state index contributed by atoms with van der Waals surface area (Å²) in [6.07, 6.45) is 2.94. The van der Waals surface area contributed by atoms with Gasteiger partial charge in [0.25, 0.3) is 0 Å². The molecule has 1 atom stereocenters. The van der Waals surface area contributed by atoms with Crippen molar-refractivity contribution in [3.05, 3.63) is 66.9 Å². The summed E-state index contributed by atoms with van der Waals surface area (Å²) in [6.45, 7) is 0.614. The molecule has 2 heterocycles. The first kappa shape index (κ1) is 18.6. The summed E-state index contributed by atoms with van der Waals surface area (Å²) >= 11 is 0. The number of aromatic nitrogens is 1. The van der Waals surface area contributed by atoms with E-state index in [9.17, 15) is 13.2 Å². The summed E-state index contributed by atoms with van der Waals surface area (Å²) in [5, 5.41) is 3.83. The number of pyridine rings is 1. The maximum absolute atomic E-state index is 12.8. The third kappa shape index (κ3) is 3.76. The quantitative estimate of drug-likeness (QED) is 0.735. The topological polar surface area (TPSA) is 79.4 Å². The van der Waals surface area contributed by atoms with E-state index < -0.39 is 15.9 Å². The number of fused-ring (bicyclic) bond motifs is 1. The minimum atomic E-state index is -3.59. The molecule has 0 bridgehead atoms. The van der Waals surface area contributed by atoms with Gasteiger partial charge in [-0.2, -0.15) is 4.31 Å². The maximum atomic E-state index is 12.8. The first-order chi connectivity index (χ1) is 13.5. The highest BCUT2D eigenvalue weighted by Gasteiger charge is 2.33. The fourth-order valence-electron chi connectivity index (χ4n) is 3.50. The molecule has 0 radical (unpaired) electrons. The normalized spacial score (nSPS) is 18.1. The van der Waals surface area contributed by atoms with Crippen molar-refractivity contribution in [2.24, 2.45) is 5.92 Å². The van der Waals surface area contributed by atoms with Gasteiger partial charge in [-0.15, -0.1) is 0 Å². The van der Waals surface area contributed by atoms with Crippen LogP contribution in [0.4, 0.5) is 5.69 Å². The number of amides is 1. The zero-order valence-corrected chi connectivity index (χ0v) is 16.1. The number of carbonyl (C=O) groups is 1. The molecule has 6 nitrogen and oxygen atoms in total. The molecule has 0 spiro atoms. The van der Waals surface area contributed by atoms with E-state index in [-0.39, 0.29) is 17.3 Å². The predicted molar refractivity (Wildman–Crippen MR) is 108 cm³/mol. The molecule has 4 rings (SSSR count). The average molecular weight is 395 g/mol. The van der Waals surface area contributed by atoms with Crippen molar-refractivity contribution in [3.8, 4) is 0 Å². The molecule has 1 aliphatic heterocycles. The fraction of sp³-hybridized carbons (Fsp3) is 0.238. The van der Waals surface area contributed by atoms with E-state index in [4.69, 9.17) is 0 Å². The molecule has 1 saturated heterocycles. The van der Waals surface area contributed by atoms with Crippen molar-refractivity contribution in [3.63, 3.8) is 0 Å². The van der Waals surface area contributed by atoms with Crippen LogP contribution in [0.1, 0.15) is 12.8 Å². The summed E-state index contributed by atoms with van der Waals surface area (Å²) in [7, 11) is -3.59. The lowest BCUT2D eigenvalue weighted by atomic mass is 9.99. The highest BCUT2D eigenvalue weighted by molar-refractivity contribution is 7.89. The molecule has 1 aromatic heterocycles. The number of nitrogens with one attached hydrogen (secondary N) is 1. The molecule has 3 aromatic rings. The number of hydrogen-bond donors (Lipinski definition) is 1. The van der Waals surface area contributed by atoms with Crippen molar-refractivity contribution in [1.29, 1.82) is 0 Å². The molecule has 7 heteroatoms. The smallest absolute Gasteiger partial charge is 0.243 e. The number of piperidine rings is 1. The number of sulfonamides is 1. The molecular weight excluding hydrogens is 374 g/mol. The molecule has 0 aliphatic carbocycles. The molecule has 1 N–H and O–H groups in total. The largest absolute Gasteiger partial charge is 0.324 e. The summed E-state index contributed by atoms with van der Waals surface area (Å²) in [5.74, 6) is -0.566. The summed E-state index contributed by atoms with van der Waals surface area (Å²) in [5.41, 5.74) is 1.48. The van der Waals surface area contributed by atoms with Crippen LogP contribution in [0.25, 0.3) is 10.9 Å². The van der Waals surface area contributed by atoms with E-state index in [0.29, 0.717) is 25.1 Å². The Morgan fingerprint density at radius 1 is 1.07 bits per heavy atom. The van der Waals surface area contributed by atoms with Crippen LogP contribution >= 0.6 is 0 Å². The molecule has 1 fully saturated rings. The first-order valence-electron chi connectivity index (χ1n) is 9.25. The minimum Gasteiger partial charge on any atom is -0.324 e. The molecule has 144 valence electrons. The van der Waals surface area contributed by atoms with Crippen molar-refractivity contribution >= 4 is 32.5 Å². The van der Waals surface area contributed by atoms with Gasteiger partial charge in [-0.3, -0.25) is 9.78 Å². The third-order valence-electron chi connectivity index (χ3n) is 4.99. The first-order valence-corrected chi connectivity index (χ1v) is 10.7. The van der Waals surface area contributed by atoms with Crippen LogP contribution in [0, 0.1) is 5.92 Å². The summed E-state index contributed by atoms with van der Waals surface area (Å²) in [4.78, 5) is 17.4. The van der Waals surface area contributed by atoms with Crippen LogP contribution in [0.5, 0.6) is 0 Å². The second-order valence-electron chi connectivity index (χ2n) is 6.92. The highest BCUT2D eigenvalue weighted by atomic mass is 32.2. The summed E-state index contributed by atoms with van der Waals surface area (Å²) < 4.78 is 27.1. The van der Waals surface area contributed by atoms with E-state index in [1.807, 2.05) is 30.3 Å². The number of anilines is 1. The van der Waals surface area contributed by atoms with Gasteiger partial charge in [0, 0.05) is 18.5 Å². The van der Waals surface area contributed by atoms with Crippen LogP contribution in [0.2, 0.25) is 0 Å². The average Bonchev–Trinajstić information content (AvgIpc) is 2.74. The van der Waals surface area contributed by atoms with E-state index in [1.54, 1.807) is 36.5 Å². The Morgan fingerprint density at radius 2 is 1.82 bits per heavy atom. The van der Waals surface area contributed by atoms with Crippen LogP contribution in [0.15, 0.2) is 71.8 Å². The Hall–Kier alpha value is -2.77. The van der Waals surface area contributed by atoms with Crippen LogP contribution in [0.3, 0.4) is 0 Å². The monoisotopic (exact) mass is 395 g/mol. The second-order valence-corrected chi connectivity index (χ2v) is 8.86. The minimum absolute atomic E-state index is 0.176. The zero-order valence-electron chi connectivity index (χ0n) is 15.3. The lowest BCUT2D eigenvalue weighted by Crippen LogP contribution is -2.43. The van der Waals surface area contributed by atoms with Gasteiger partial charge in [-0.1, -0.05) is 36.4 Å². The number of rotatable bonds is 4. The van der Waals surface area contributed by atoms with Gasteiger partial charge in [0.05, 0.1) is 28.2 Å². The molecule has 28 heavy (non-hydrogen) atoms. The van der Waals surface area contributed by atoms with E-state index >= 15 is 0 Å². The van der Waals surface area contributed by atoms with Crippen molar-refractivity contribution < 1.29 is 13.2 Å². The second kappa shape index (κ2) is 7.69. The highest BCUT2D eigenvalue weighted by Crippen LogP contribution is 2.25. The third-order valence-corrected chi connectivity index (χ3v) is 6.87. The van der Waals surface area contributed by atoms with Crippen LogP contribution in [-0.2, 0) is 14.8 Å². The van der Waals surface area contributed by atoms with E-state index in [2.05, 4.69) is 10.3 Å². The van der Waals surface area contributed by atoms with Gasteiger partial charge in [-0.05, 0) is 37.1 Å². The Bertz CT molecular complexity index is 1100. The lowest BCUT2D eigenvalue weighted by Gasteiger charge is -2.31. The molecule has 2 aromatic carbocycles. The Kier molecular flexibility index (Phi) is 5.11. The number of nitrogens with zero attached hydrogens (tertiary/aromatic N) is 2. The van der Waals surface area contributed by atoms with Gasteiger partial charge in [0.15, 0.2) is 0 Å². The van der Waals surface area contributed by atoms with Crippen molar-refractivity contribution in [1.82, 2.24) is 9.29 Å².